The normalized spacial score (nSPS) is 33.9. The number of hydrogen-bond acceptors (Lipinski definition) is 2. The molecule has 3 aliphatic heterocycles. The Kier molecular flexibility index (Phi) is 6.36. The van der Waals surface area contributed by atoms with Crippen LogP contribution in [0.2, 0.25) is 0 Å². The van der Waals surface area contributed by atoms with Crippen molar-refractivity contribution in [2.24, 2.45) is 0 Å². The summed E-state index contributed by atoms with van der Waals surface area (Å²) in [5, 5.41) is 0. The summed E-state index contributed by atoms with van der Waals surface area (Å²) in [6.45, 7) is 8.17. The molecule has 100 valence electrons. The predicted octanol–water partition coefficient (Wildman–Crippen LogP) is 3.13. The van der Waals surface area contributed by atoms with Gasteiger partial charge in [-0.15, -0.1) is 0 Å². The second-order valence-corrected chi connectivity index (χ2v) is 5.87. The van der Waals surface area contributed by atoms with Crippen molar-refractivity contribution in [2.45, 2.75) is 57.8 Å². The van der Waals surface area contributed by atoms with E-state index in [1.807, 2.05) is 0 Å². The monoisotopic (exact) mass is 238 g/mol. The number of hydrogen-bond donors (Lipinski definition) is 0. The van der Waals surface area contributed by atoms with Crippen molar-refractivity contribution in [2.75, 3.05) is 39.3 Å². The molecule has 0 spiro atoms. The highest BCUT2D eigenvalue weighted by atomic mass is 15.1. The summed E-state index contributed by atoms with van der Waals surface area (Å²) in [4.78, 5) is 5.47. The average Bonchev–Trinajstić information content (AvgIpc) is 2.29. The highest BCUT2D eigenvalue weighted by Gasteiger charge is 2.10. The van der Waals surface area contributed by atoms with E-state index < -0.39 is 0 Å². The first-order valence-corrected chi connectivity index (χ1v) is 7.90. The maximum Gasteiger partial charge on any atom is -0.00187 e. The fourth-order valence-corrected chi connectivity index (χ4v) is 3.21. The zero-order valence-electron chi connectivity index (χ0n) is 11.5. The second-order valence-electron chi connectivity index (χ2n) is 5.87. The van der Waals surface area contributed by atoms with Crippen molar-refractivity contribution in [1.29, 1.82) is 0 Å². The minimum atomic E-state index is 1.36. The lowest BCUT2D eigenvalue weighted by Gasteiger charge is -2.27. The van der Waals surface area contributed by atoms with Crippen LogP contribution in [0.3, 0.4) is 0 Å². The molecular weight excluding hydrogens is 208 g/mol. The van der Waals surface area contributed by atoms with Crippen LogP contribution >= 0.6 is 0 Å². The fourth-order valence-electron chi connectivity index (χ4n) is 3.21. The van der Waals surface area contributed by atoms with E-state index in [9.17, 15) is 0 Å². The van der Waals surface area contributed by atoms with Crippen molar-refractivity contribution >= 4 is 0 Å². The largest absolute Gasteiger partial charge is 0.303 e. The average molecular weight is 238 g/mol. The molecule has 0 saturated carbocycles. The molecule has 3 aliphatic rings. The third kappa shape index (κ3) is 5.39. The third-order valence-electron chi connectivity index (χ3n) is 4.35. The van der Waals surface area contributed by atoms with Gasteiger partial charge < -0.3 is 9.80 Å². The Hall–Kier alpha value is -0.0800. The molecule has 3 heterocycles. The molecule has 0 aromatic heterocycles. The van der Waals surface area contributed by atoms with Gasteiger partial charge in [-0.05, 0) is 77.8 Å². The molecule has 17 heavy (non-hydrogen) atoms. The van der Waals surface area contributed by atoms with Gasteiger partial charge in [0.2, 0.25) is 0 Å². The van der Waals surface area contributed by atoms with E-state index in [2.05, 4.69) is 9.80 Å². The summed E-state index contributed by atoms with van der Waals surface area (Å²) in [6.07, 6.45) is 12.9. The van der Waals surface area contributed by atoms with Crippen LogP contribution in [0.15, 0.2) is 0 Å². The van der Waals surface area contributed by atoms with Crippen LogP contribution in [0.5, 0.6) is 0 Å². The lowest BCUT2D eigenvalue weighted by molar-refractivity contribution is 0.210. The van der Waals surface area contributed by atoms with E-state index in [1.54, 1.807) is 0 Å². The smallest absolute Gasteiger partial charge is 0.00187 e. The highest BCUT2D eigenvalue weighted by Crippen LogP contribution is 2.12. The van der Waals surface area contributed by atoms with Crippen LogP contribution in [0.25, 0.3) is 0 Å². The number of rotatable bonds is 0. The van der Waals surface area contributed by atoms with Gasteiger partial charge in [0.25, 0.3) is 0 Å². The van der Waals surface area contributed by atoms with Crippen molar-refractivity contribution in [3.8, 4) is 0 Å². The predicted molar refractivity (Wildman–Crippen MR) is 74.4 cm³/mol. The van der Waals surface area contributed by atoms with Crippen LogP contribution in [-0.2, 0) is 0 Å². The Bertz CT molecular complexity index is 142. The highest BCUT2D eigenvalue weighted by molar-refractivity contribution is 4.66. The van der Waals surface area contributed by atoms with Gasteiger partial charge in [-0.25, -0.2) is 0 Å². The molecule has 0 aliphatic carbocycles. The lowest BCUT2D eigenvalue weighted by Crippen LogP contribution is -2.31. The zero-order chi connectivity index (χ0) is 11.8. The second kappa shape index (κ2) is 8.10. The van der Waals surface area contributed by atoms with Gasteiger partial charge in [0.1, 0.15) is 0 Å². The molecule has 3 saturated heterocycles. The summed E-state index contributed by atoms with van der Waals surface area (Å²) >= 11 is 0. The van der Waals surface area contributed by atoms with Crippen molar-refractivity contribution in [1.82, 2.24) is 9.80 Å². The maximum absolute atomic E-state index is 2.74. The molecule has 0 unspecified atom stereocenters. The summed E-state index contributed by atoms with van der Waals surface area (Å²) in [5.74, 6) is 0. The summed E-state index contributed by atoms with van der Waals surface area (Å²) in [7, 11) is 0. The molecular formula is C15H30N2. The first-order chi connectivity index (χ1) is 8.45. The molecule has 3 fully saturated rings. The van der Waals surface area contributed by atoms with E-state index in [0.717, 1.165) is 0 Å². The Labute approximate surface area is 107 Å². The standard InChI is InChI=1S/C15H30N2/c1-4-10-16-12-6-2-7-13-17(11-5-1)15-9-3-8-14-16/h1-15H2. The van der Waals surface area contributed by atoms with Gasteiger partial charge in [-0.3, -0.25) is 0 Å². The topological polar surface area (TPSA) is 6.48 Å². The van der Waals surface area contributed by atoms with Crippen LogP contribution < -0.4 is 0 Å². The summed E-state index contributed by atoms with van der Waals surface area (Å²) in [5.41, 5.74) is 0. The Balaban J connectivity index is 1.90. The molecule has 3 rings (SSSR count). The first kappa shape index (κ1) is 13.4. The maximum atomic E-state index is 2.74. The molecule has 0 N–H and O–H groups in total. The van der Waals surface area contributed by atoms with Gasteiger partial charge in [-0.1, -0.05) is 19.3 Å². The van der Waals surface area contributed by atoms with Crippen molar-refractivity contribution in [3.05, 3.63) is 0 Å². The van der Waals surface area contributed by atoms with E-state index in [0.29, 0.717) is 0 Å². The fraction of sp³-hybridized carbons (Fsp3) is 1.00. The third-order valence-corrected chi connectivity index (χ3v) is 4.35. The molecule has 2 bridgehead atoms. The summed E-state index contributed by atoms with van der Waals surface area (Å²) < 4.78 is 0. The van der Waals surface area contributed by atoms with Gasteiger partial charge >= 0.3 is 0 Å². The number of nitrogens with zero attached hydrogens (tertiary/aromatic N) is 2. The first-order valence-electron chi connectivity index (χ1n) is 7.90. The minimum absolute atomic E-state index is 1.36. The van der Waals surface area contributed by atoms with E-state index in [4.69, 9.17) is 0 Å². The zero-order valence-corrected chi connectivity index (χ0v) is 11.5. The van der Waals surface area contributed by atoms with Crippen molar-refractivity contribution in [3.63, 3.8) is 0 Å². The van der Waals surface area contributed by atoms with Gasteiger partial charge in [0.05, 0.1) is 0 Å². The van der Waals surface area contributed by atoms with Gasteiger partial charge in [0.15, 0.2) is 0 Å². The molecule has 2 nitrogen and oxygen atoms in total. The summed E-state index contributed by atoms with van der Waals surface area (Å²) in [6, 6.07) is 0. The quantitative estimate of drug-likeness (QED) is 0.640. The molecule has 0 aromatic carbocycles. The molecule has 2 heteroatoms. The molecule has 0 atom stereocenters. The number of fused-ring (bicyclic) bond motifs is 12. The van der Waals surface area contributed by atoms with Gasteiger partial charge in [0, 0.05) is 0 Å². The lowest BCUT2D eigenvalue weighted by atomic mass is 10.1. The SMILES string of the molecule is C1CCN2CCCCCN(CC1)CCCCC2. The van der Waals surface area contributed by atoms with Crippen molar-refractivity contribution < 1.29 is 0 Å². The molecule has 0 aromatic rings. The van der Waals surface area contributed by atoms with E-state index in [-0.39, 0.29) is 0 Å². The Morgan fingerprint density at radius 3 is 0.765 bits per heavy atom. The minimum Gasteiger partial charge on any atom is -0.303 e. The van der Waals surface area contributed by atoms with Crippen LogP contribution in [-0.4, -0.2) is 49.1 Å². The van der Waals surface area contributed by atoms with Gasteiger partial charge in [-0.2, -0.15) is 0 Å². The van der Waals surface area contributed by atoms with E-state index in [1.165, 1.54) is 97.1 Å². The molecule has 0 radical (unpaired) electrons. The molecule has 0 amide bonds. The Morgan fingerprint density at radius 1 is 0.294 bits per heavy atom. The van der Waals surface area contributed by atoms with Crippen LogP contribution in [0, 0.1) is 0 Å². The van der Waals surface area contributed by atoms with Crippen LogP contribution in [0.1, 0.15) is 57.8 Å². The van der Waals surface area contributed by atoms with Crippen LogP contribution in [0.4, 0.5) is 0 Å². The Morgan fingerprint density at radius 2 is 0.529 bits per heavy atom. The van der Waals surface area contributed by atoms with E-state index >= 15 is 0 Å².